The highest BCUT2D eigenvalue weighted by Crippen LogP contribution is 2.72. The second kappa shape index (κ2) is 18.9. The van der Waals surface area contributed by atoms with Gasteiger partial charge in [0.2, 0.25) is 0 Å². The molecular formula is C64H78N2. The van der Waals surface area contributed by atoms with Crippen LogP contribution >= 0.6 is 0 Å². The molecule has 6 aromatic rings. The third kappa shape index (κ3) is 8.34. The number of benzene rings is 6. The van der Waals surface area contributed by atoms with E-state index in [1.54, 1.807) is 11.1 Å². The first-order valence-corrected chi connectivity index (χ1v) is 26.1. The lowest BCUT2D eigenvalue weighted by atomic mass is 9.55. The lowest BCUT2D eigenvalue weighted by Crippen LogP contribution is -2.43. The molecular weight excluding hydrogens is 797 g/mol. The van der Waals surface area contributed by atoms with Crippen LogP contribution in [0.1, 0.15) is 160 Å². The molecule has 0 amide bonds. The van der Waals surface area contributed by atoms with Crippen molar-refractivity contribution in [3.63, 3.8) is 0 Å². The molecule has 0 saturated heterocycles. The first kappa shape index (κ1) is 46.0. The predicted octanol–water partition coefficient (Wildman–Crippen LogP) is 18.7. The molecule has 0 aromatic heterocycles. The Kier molecular flexibility index (Phi) is 13.2. The minimum Gasteiger partial charge on any atom is -0.310 e. The fourth-order valence-electron chi connectivity index (χ4n) is 13.8. The summed E-state index contributed by atoms with van der Waals surface area (Å²) in [6.45, 7) is 23.5. The topological polar surface area (TPSA) is 6.48 Å². The second-order valence-electron chi connectivity index (χ2n) is 21.8. The van der Waals surface area contributed by atoms with E-state index in [4.69, 9.17) is 0 Å². The fraction of sp³-hybridized carbons (Fsp3) is 0.438. The van der Waals surface area contributed by atoms with Crippen LogP contribution in [0.2, 0.25) is 0 Å². The smallest absolute Gasteiger partial charge is 0.0520 e. The molecule has 2 heteroatoms. The van der Waals surface area contributed by atoms with Gasteiger partial charge in [-0.3, -0.25) is 0 Å². The van der Waals surface area contributed by atoms with Gasteiger partial charge in [0.05, 0.1) is 11.4 Å². The maximum Gasteiger partial charge on any atom is 0.0520 e. The molecule has 0 aliphatic heterocycles. The Bertz CT molecular complexity index is 2440. The summed E-state index contributed by atoms with van der Waals surface area (Å²) < 4.78 is 0. The van der Waals surface area contributed by atoms with Crippen LogP contribution in [0.3, 0.4) is 0 Å². The molecule has 0 spiro atoms. The zero-order valence-electron chi connectivity index (χ0n) is 42.3. The molecule has 2 fully saturated rings. The molecule has 0 N–H and O–H groups in total. The van der Waals surface area contributed by atoms with Crippen molar-refractivity contribution in [1.82, 2.24) is 0 Å². The number of hydrogen-bond acceptors (Lipinski definition) is 2. The summed E-state index contributed by atoms with van der Waals surface area (Å²) >= 11 is 0. The molecule has 0 bridgehead atoms. The Morgan fingerprint density at radius 3 is 1.08 bits per heavy atom. The summed E-state index contributed by atoms with van der Waals surface area (Å²) in [6.07, 6.45) is 17.6. The van der Waals surface area contributed by atoms with Crippen molar-refractivity contribution < 1.29 is 0 Å². The largest absolute Gasteiger partial charge is 0.310 e. The SMILES string of the molecule is CCCCCCc1cc(C)c(N(c2ccc(C)cc2)c2ccc3c(c2)[C@]24CC(C)C[C@]2(CC(C)C4)c2cc(N(c4ccc(C)cc4)c4c(C)cc(CCCCCC)cc4C)ccc2-3)c(C)c1. The summed E-state index contributed by atoms with van der Waals surface area (Å²) in [5, 5.41) is 0. The summed E-state index contributed by atoms with van der Waals surface area (Å²) in [4.78, 5) is 5.19. The van der Waals surface area contributed by atoms with Crippen molar-refractivity contribution in [2.24, 2.45) is 11.8 Å². The van der Waals surface area contributed by atoms with Crippen LogP contribution in [0.5, 0.6) is 0 Å². The van der Waals surface area contributed by atoms with Crippen LogP contribution < -0.4 is 9.80 Å². The highest BCUT2D eigenvalue weighted by atomic mass is 15.2. The number of anilines is 6. The lowest BCUT2D eigenvalue weighted by Gasteiger charge is -2.48. The Morgan fingerprint density at radius 2 is 0.742 bits per heavy atom. The molecule has 2 saturated carbocycles. The number of rotatable bonds is 16. The Morgan fingerprint density at radius 1 is 0.409 bits per heavy atom. The van der Waals surface area contributed by atoms with Gasteiger partial charge in [-0.1, -0.05) is 138 Å². The summed E-state index contributed by atoms with van der Waals surface area (Å²) in [5.74, 6) is 1.29. The van der Waals surface area contributed by atoms with Crippen molar-refractivity contribution in [3.05, 3.63) is 165 Å². The summed E-state index contributed by atoms with van der Waals surface area (Å²) in [5.41, 5.74) is 24.9. The van der Waals surface area contributed by atoms with Crippen LogP contribution in [0.15, 0.2) is 109 Å². The molecule has 0 unspecified atom stereocenters. The van der Waals surface area contributed by atoms with E-state index >= 15 is 0 Å². The number of aryl methyl sites for hydroxylation is 8. The van der Waals surface area contributed by atoms with Gasteiger partial charge in [0.15, 0.2) is 0 Å². The van der Waals surface area contributed by atoms with Gasteiger partial charge in [-0.05, 0) is 209 Å². The molecule has 3 aliphatic rings. The van der Waals surface area contributed by atoms with Gasteiger partial charge in [0.1, 0.15) is 0 Å². The van der Waals surface area contributed by atoms with E-state index in [1.807, 2.05) is 0 Å². The fourth-order valence-corrected chi connectivity index (χ4v) is 13.8. The molecule has 344 valence electrons. The number of nitrogens with zero attached hydrogens (tertiary/aromatic N) is 2. The quantitative estimate of drug-likeness (QED) is 0.0894. The molecule has 2 nitrogen and oxygen atoms in total. The normalized spacial score (nSPS) is 20.5. The number of fused-ring (bicyclic) bond motifs is 3. The van der Waals surface area contributed by atoms with Gasteiger partial charge in [-0.2, -0.15) is 0 Å². The van der Waals surface area contributed by atoms with Crippen LogP contribution in [0, 0.1) is 53.4 Å². The molecule has 0 heterocycles. The molecule has 6 aromatic carbocycles. The van der Waals surface area contributed by atoms with E-state index in [9.17, 15) is 0 Å². The van der Waals surface area contributed by atoms with Gasteiger partial charge >= 0.3 is 0 Å². The van der Waals surface area contributed by atoms with Crippen LogP contribution in [0.25, 0.3) is 11.1 Å². The van der Waals surface area contributed by atoms with E-state index < -0.39 is 0 Å². The summed E-state index contributed by atoms with van der Waals surface area (Å²) in [7, 11) is 0. The minimum atomic E-state index is 0.0775. The molecule has 9 rings (SSSR count). The zero-order chi connectivity index (χ0) is 46.3. The summed E-state index contributed by atoms with van der Waals surface area (Å²) in [6, 6.07) is 43.7. The van der Waals surface area contributed by atoms with Crippen molar-refractivity contribution >= 4 is 34.1 Å². The van der Waals surface area contributed by atoms with Gasteiger partial charge in [0, 0.05) is 33.6 Å². The monoisotopic (exact) mass is 875 g/mol. The molecule has 0 radical (unpaired) electrons. The van der Waals surface area contributed by atoms with Crippen LogP contribution in [-0.2, 0) is 23.7 Å². The van der Waals surface area contributed by atoms with Gasteiger partial charge in [0.25, 0.3) is 0 Å². The Hall–Kier alpha value is -5.08. The maximum atomic E-state index is 2.67. The maximum absolute atomic E-state index is 2.67. The van der Waals surface area contributed by atoms with Gasteiger partial charge in [-0.25, -0.2) is 0 Å². The van der Waals surface area contributed by atoms with Crippen LogP contribution in [0.4, 0.5) is 34.1 Å². The standard InChI is InChI=1S/C64H78N2/c1-11-13-15-17-19-51-33-47(7)61(48(8)34-51)65(53-25-21-43(3)22-26-53)55-29-31-57-58-32-30-56(38-60(58)64-41-45(5)39-63(64,59(57)37-55)40-46(6)42-64)66(54-27-23-44(4)24-28-54)62-49(9)35-52(36-50(62)10)20-18-16-14-12-2/h21-38,45-46H,11-20,39-42H2,1-10H3/t45?,46?,63-,64+. The van der Waals surface area contributed by atoms with E-state index in [0.717, 1.165) is 12.8 Å². The first-order chi connectivity index (χ1) is 31.9. The predicted molar refractivity (Wildman–Crippen MR) is 286 cm³/mol. The van der Waals surface area contributed by atoms with E-state index in [2.05, 4.69) is 188 Å². The Labute approximate surface area is 399 Å². The van der Waals surface area contributed by atoms with Crippen molar-refractivity contribution in [1.29, 1.82) is 0 Å². The van der Waals surface area contributed by atoms with E-state index in [0.29, 0.717) is 11.8 Å². The Balaban J connectivity index is 1.20. The minimum absolute atomic E-state index is 0.0775. The van der Waals surface area contributed by atoms with Gasteiger partial charge < -0.3 is 9.80 Å². The average Bonchev–Trinajstić information content (AvgIpc) is 3.75. The molecule has 0 atom stereocenters. The van der Waals surface area contributed by atoms with E-state index in [1.165, 1.54) is 167 Å². The first-order valence-electron chi connectivity index (χ1n) is 26.1. The van der Waals surface area contributed by atoms with Crippen molar-refractivity contribution in [2.75, 3.05) is 9.80 Å². The van der Waals surface area contributed by atoms with Gasteiger partial charge in [-0.15, -0.1) is 0 Å². The average molecular weight is 875 g/mol. The third-order valence-corrected chi connectivity index (χ3v) is 16.3. The van der Waals surface area contributed by atoms with E-state index in [-0.39, 0.29) is 10.8 Å². The third-order valence-electron chi connectivity index (χ3n) is 16.3. The van der Waals surface area contributed by atoms with Crippen molar-refractivity contribution in [3.8, 4) is 11.1 Å². The highest BCUT2D eigenvalue weighted by molar-refractivity contribution is 5.89. The lowest BCUT2D eigenvalue weighted by molar-refractivity contribution is 0.299. The highest BCUT2D eigenvalue weighted by Gasteiger charge is 2.65. The van der Waals surface area contributed by atoms with Crippen molar-refractivity contribution in [2.45, 2.75) is 170 Å². The molecule has 66 heavy (non-hydrogen) atoms. The van der Waals surface area contributed by atoms with Crippen LogP contribution in [-0.4, -0.2) is 0 Å². The number of unbranched alkanes of at least 4 members (excludes halogenated alkanes) is 6. The zero-order valence-corrected chi connectivity index (χ0v) is 42.3. The number of hydrogen-bond donors (Lipinski definition) is 0. The second-order valence-corrected chi connectivity index (χ2v) is 21.8. The molecule has 3 aliphatic carbocycles.